The van der Waals surface area contributed by atoms with Gasteiger partial charge in [-0.05, 0) is 51.5 Å². The van der Waals surface area contributed by atoms with Gasteiger partial charge in [0.05, 0.1) is 0 Å². The number of nitrogens with zero attached hydrogens (tertiary/aromatic N) is 2. The highest BCUT2D eigenvalue weighted by atomic mass is 15.2. The van der Waals surface area contributed by atoms with Crippen molar-refractivity contribution in [2.45, 2.75) is 58.0 Å². The molecule has 2 aliphatic rings. The van der Waals surface area contributed by atoms with Gasteiger partial charge < -0.3 is 15.5 Å². The number of hydrogen-bond donors (Lipinski definition) is 2. The zero-order valence-electron chi connectivity index (χ0n) is 15.4. The Balaban J connectivity index is 1.40. The molecule has 3 rings (SSSR count). The summed E-state index contributed by atoms with van der Waals surface area (Å²) in [4.78, 5) is 7.06. The second-order valence-corrected chi connectivity index (χ2v) is 7.43. The molecular formula is C20H32N4. The van der Waals surface area contributed by atoms with Crippen LogP contribution < -0.4 is 10.6 Å². The molecule has 1 saturated heterocycles. The number of likely N-dealkylation sites (tertiary alicyclic amines) is 1. The lowest BCUT2D eigenvalue weighted by Crippen LogP contribution is -2.49. The van der Waals surface area contributed by atoms with E-state index >= 15 is 0 Å². The number of guanidine groups is 1. The van der Waals surface area contributed by atoms with Crippen LogP contribution in [0.4, 0.5) is 0 Å². The first kappa shape index (κ1) is 17.3. The van der Waals surface area contributed by atoms with Crippen LogP contribution >= 0.6 is 0 Å². The lowest BCUT2D eigenvalue weighted by atomic mass is 10.0. The zero-order valence-corrected chi connectivity index (χ0v) is 15.4. The molecule has 2 N–H and O–H groups in total. The maximum absolute atomic E-state index is 4.40. The Hall–Kier alpha value is -1.55. The Labute approximate surface area is 146 Å². The number of aliphatic imine (C=N–C) groups is 1. The van der Waals surface area contributed by atoms with Crippen LogP contribution in [0.1, 0.15) is 42.4 Å². The molecule has 1 aliphatic heterocycles. The summed E-state index contributed by atoms with van der Waals surface area (Å²) in [5, 5.41) is 7.08. The van der Waals surface area contributed by atoms with Gasteiger partial charge in [-0.1, -0.05) is 29.3 Å². The third-order valence-corrected chi connectivity index (χ3v) is 5.14. The van der Waals surface area contributed by atoms with E-state index in [2.05, 4.69) is 52.6 Å². The summed E-state index contributed by atoms with van der Waals surface area (Å²) in [6.07, 6.45) is 6.32. The maximum Gasteiger partial charge on any atom is 0.191 e. The highest BCUT2D eigenvalue weighted by molar-refractivity contribution is 5.79. The van der Waals surface area contributed by atoms with Gasteiger partial charge >= 0.3 is 0 Å². The standard InChI is InChI=1S/C20H32N4/c1-15-12-16(2)14-17(13-15)6-9-22-20(21-3)23-18-7-10-24(11-8-18)19-4-5-19/h12-14,18-19H,4-11H2,1-3H3,(H2,21,22,23). The van der Waals surface area contributed by atoms with Crippen LogP contribution in [0, 0.1) is 13.8 Å². The molecule has 0 amide bonds. The summed E-state index contributed by atoms with van der Waals surface area (Å²) in [5.74, 6) is 0.948. The molecule has 0 radical (unpaired) electrons. The molecule has 0 atom stereocenters. The molecule has 1 aliphatic carbocycles. The van der Waals surface area contributed by atoms with Crippen molar-refractivity contribution in [1.82, 2.24) is 15.5 Å². The largest absolute Gasteiger partial charge is 0.356 e. The molecule has 1 aromatic rings. The van der Waals surface area contributed by atoms with E-state index in [4.69, 9.17) is 0 Å². The second-order valence-electron chi connectivity index (χ2n) is 7.43. The highest BCUT2D eigenvalue weighted by Crippen LogP contribution is 2.29. The summed E-state index contributed by atoms with van der Waals surface area (Å²) >= 11 is 0. The molecule has 1 saturated carbocycles. The Bertz CT molecular complexity index is 549. The molecule has 0 bridgehead atoms. The van der Waals surface area contributed by atoms with Crippen molar-refractivity contribution in [2.75, 3.05) is 26.7 Å². The van der Waals surface area contributed by atoms with E-state index in [1.165, 1.54) is 55.5 Å². The van der Waals surface area contributed by atoms with Crippen LogP contribution in [0.2, 0.25) is 0 Å². The molecule has 0 aromatic heterocycles. The summed E-state index contributed by atoms with van der Waals surface area (Å²) in [7, 11) is 1.87. The van der Waals surface area contributed by atoms with Gasteiger partial charge in [0.1, 0.15) is 0 Å². The number of aryl methyl sites for hydroxylation is 2. The minimum absolute atomic E-state index is 0.562. The molecule has 24 heavy (non-hydrogen) atoms. The van der Waals surface area contributed by atoms with E-state index in [1.54, 1.807) is 0 Å². The van der Waals surface area contributed by atoms with Crippen LogP contribution in [0.3, 0.4) is 0 Å². The van der Waals surface area contributed by atoms with E-state index < -0.39 is 0 Å². The first-order valence-electron chi connectivity index (χ1n) is 9.42. The number of hydrogen-bond acceptors (Lipinski definition) is 2. The first-order valence-corrected chi connectivity index (χ1v) is 9.42. The lowest BCUT2D eigenvalue weighted by molar-refractivity contribution is 0.197. The Kier molecular flexibility index (Phi) is 5.77. The minimum Gasteiger partial charge on any atom is -0.356 e. The van der Waals surface area contributed by atoms with E-state index in [-0.39, 0.29) is 0 Å². The molecular weight excluding hydrogens is 296 g/mol. The van der Waals surface area contributed by atoms with E-state index in [0.717, 1.165) is 25.0 Å². The molecule has 0 unspecified atom stereocenters. The van der Waals surface area contributed by atoms with Gasteiger partial charge in [0, 0.05) is 38.8 Å². The van der Waals surface area contributed by atoms with Crippen LogP contribution in [0.5, 0.6) is 0 Å². The molecule has 1 aromatic carbocycles. The summed E-state index contributed by atoms with van der Waals surface area (Å²) < 4.78 is 0. The fourth-order valence-corrected chi connectivity index (χ4v) is 3.78. The average Bonchev–Trinajstić information content (AvgIpc) is 3.38. The van der Waals surface area contributed by atoms with Gasteiger partial charge in [-0.2, -0.15) is 0 Å². The average molecular weight is 329 g/mol. The number of nitrogens with one attached hydrogen (secondary N) is 2. The van der Waals surface area contributed by atoms with Crippen molar-refractivity contribution in [3.8, 4) is 0 Å². The van der Waals surface area contributed by atoms with Crippen molar-refractivity contribution >= 4 is 5.96 Å². The highest BCUT2D eigenvalue weighted by Gasteiger charge is 2.31. The normalized spacial score (nSPS) is 20.2. The Morgan fingerprint density at radius 2 is 1.75 bits per heavy atom. The SMILES string of the molecule is CN=C(NCCc1cc(C)cc(C)c1)NC1CCN(C2CC2)CC1. The van der Waals surface area contributed by atoms with Crippen LogP contribution in [-0.2, 0) is 6.42 Å². The van der Waals surface area contributed by atoms with Gasteiger partial charge in [-0.25, -0.2) is 0 Å². The number of piperidine rings is 1. The summed E-state index contributed by atoms with van der Waals surface area (Å²) in [6.45, 7) is 7.73. The van der Waals surface area contributed by atoms with Crippen molar-refractivity contribution in [3.63, 3.8) is 0 Å². The Morgan fingerprint density at radius 3 is 2.33 bits per heavy atom. The van der Waals surface area contributed by atoms with E-state index in [9.17, 15) is 0 Å². The second kappa shape index (κ2) is 8.02. The molecule has 0 spiro atoms. The molecule has 1 heterocycles. The number of benzene rings is 1. The predicted octanol–water partition coefficient (Wildman–Crippen LogP) is 2.64. The van der Waals surface area contributed by atoms with E-state index in [1.807, 2.05) is 7.05 Å². The quantitative estimate of drug-likeness (QED) is 0.645. The zero-order chi connectivity index (χ0) is 16.9. The minimum atomic E-state index is 0.562. The van der Waals surface area contributed by atoms with Gasteiger partial charge in [0.25, 0.3) is 0 Å². The fraction of sp³-hybridized carbons (Fsp3) is 0.650. The van der Waals surface area contributed by atoms with Gasteiger partial charge in [0.2, 0.25) is 0 Å². The predicted molar refractivity (Wildman–Crippen MR) is 102 cm³/mol. The fourth-order valence-electron chi connectivity index (χ4n) is 3.78. The maximum atomic E-state index is 4.40. The van der Waals surface area contributed by atoms with Gasteiger partial charge in [0.15, 0.2) is 5.96 Å². The summed E-state index contributed by atoms with van der Waals surface area (Å²) in [5.41, 5.74) is 4.08. The van der Waals surface area contributed by atoms with Crippen molar-refractivity contribution < 1.29 is 0 Å². The summed E-state index contributed by atoms with van der Waals surface area (Å²) in [6, 6.07) is 8.25. The van der Waals surface area contributed by atoms with E-state index in [0.29, 0.717) is 6.04 Å². The molecule has 4 nitrogen and oxygen atoms in total. The van der Waals surface area contributed by atoms with Crippen LogP contribution in [0.25, 0.3) is 0 Å². The van der Waals surface area contributed by atoms with Gasteiger partial charge in [-0.3, -0.25) is 4.99 Å². The third kappa shape index (κ3) is 4.97. The smallest absolute Gasteiger partial charge is 0.191 e. The molecule has 132 valence electrons. The number of rotatable bonds is 5. The van der Waals surface area contributed by atoms with Crippen molar-refractivity contribution in [2.24, 2.45) is 4.99 Å². The monoisotopic (exact) mass is 328 g/mol. The van der Waals surface area contributed by atoms with Crippen molar-refractivity contribution in [3.05, 3.63) is 34.9 Å². The van der Waals surface area contributed by atoms with Crippen molar-refractivity contribution in [1.29, 1.82) is 0 Å². The molecule has 2 fully saturated rings. The lowest BCUT2D eigenvalue weighted by Gasteiger charge is -2.33. The first-order chi connectivity index (χ1) is 11.6. The molecule has 4 heteroatoms. The van der Waals surface area contributed by atoms with Crippen LogP contribution in [0.15, 0.2) is 23.2 Å². The van der Waals surface area contributed by atoms with Crippen LogP contribution in [-0.4, -0.2) is 49.6 Å². The van der Waals surface area contributed by atoms with Gasteiger partial charge in [-0.15, -0.1) is 0 Å². The third-order valence-electron chi connectivity index (χ3n) is 5.14. The Morgan fingerprint density at radius 1 is 1.08 bits per heavy atom. The topological polar surface area (TPSA) is 39.7 Å².